The number of benzene rings is 1. The maximum absolute atomic E-state index is 13.4. The van der Waals surface area contributed by atoms with Crippen molar-refractivity contribution in [2.45, 2.75) is 17.7 Å². The van der Waals surface area contributed by atoms with E-state index in [2.05, 4.69) is 4.90 Å². The normalized spacial score (nSPS) is 21.1. The molecule has 1 heterocycles. The largest absolute Gasteiger partial charge is 0.396 e. The molecule has 0 radical (unpaired) electrons. The fraction of sp³-hybridized carbons (Fsp3) is 0.571. The van der Waals surface area contributed by atoms with Gasteiger partial charge < -0.3 is 10.0 Å². The monoisotopic (exact) mass is 269 g/mol. The summed E-state index contributed by atoms with van der Waals surface area (Å²) in [5.41, 5.74) is 0. The van der Waals surface area contributed by atoms with Gasteiger partial charge in [-0.15, -0.1) is 11.8 Å². The van der Waals surface area contributed by atoms with Gasteiger partial charge in [0.25, 0.3) is 0 Å². The summed E-state index contributed by atoms with van der Waals surface area (Å²) in [7, 11) is 0. The number of nitrogens with zero attached hydrogens (tertiary/aromatic N) is 1. The van der Waals surface area contributed by atoms with E-state index in [1.54, 1.807) is 17.8 Å². The maximum atomic E-state index is 13.4. The van der Waals surface area contributed by atoms with Gasteiger partial charge in [0, 0.05) is 30.3 Å². The van der Waals surface area contributed by atoms with Crippen LogP contribution in [0.25, 0.3) is 0 Å². The molecule has 1 atom stereocenters. The van der Waals surface area contributed by atoms with Gasteiger partial charge in [-0.1, -0.05) is 12.1 Å². The molecule has 1 aromatic rings. The van der Waals surface area contributed by atoms with Crippen molar-refractivity contribution in [3.05, 3.63) is 30.1 Å². The average molecular weight is 269 g/mol. The Morgan fingerprint density at radius 2 is 2.22 bits per heavy atom. The molecule has 0 aromatic heterocycles. The SMILES string of the molecule is OCC1CCCN(CCSc2ccccc2F)C1. The molecule has 100 valence electrons. The smallest absolute Gasteiger partial charge is 0.136 e. The molecular formula is C14H20FNOS. The van der Waals surface area contributed by atoms with Crippen LogP contribution in [-0.2, 0) is 0 Å². The van der Waals surface area contributed by atoms with Gasteiger partial charge in [0.15, 0.2) is 0 Å². The van der Waals surface area contributed by atoms with Crippen LogP contribution < -0.4 is 0 Å². The molecule has 0 spiro atoms. The molecule has 1 aliphatic heterocycles. The van der Waals surface area contributed by atoms with Gasteiger partial charge in [-0.2, -0.15) is 0 Å². The molecule has 1 aliphatic rings. The van der Waals surface area contributed by atoms with Crippen molar-refractivity contribution in [3.8, 4) is 0 Å². The first kappa shape index (κ1) is 13.8. The van der Waals surface area contributed by atoms with Crippen molar-refractivity contribution in [2.75, 3.05) is 32.0 Å². The standard InChI is InChI=1S/C14H20FNOS/c15-13-5-1-2-6-14(13)18-9-8-16-7-3-4-12(10-16)11-17/h1-2,5-6,12,17H,3-4,7-11H2. The van der Waals surface area contributed by atoms with E-state index in [1.165, 1.54) is 6.07 Å². The third-order valence-electron chi connectivity index (χ3n) is 3.36. The first-order chi connectivity index (χ1) is 8.79. The summed E-state index contributed by atoms with van der Waals surface area (Å²) in [6.07, 6.45) is 2.29. The summed E-state index contributed by atoms with van der Waals surface area (Å²) in [5, 5.41) is 9.17. The second-order valence-electron chi connectivity index (χ2n) is 4.77. The lowest BCUT2D eigenvalue weighted by Crippen LogP contribution is -2.38. The van der Waals surface area contributed by atoms with Crippen LogP contribution in [0.2, 0.25) is 0 Å². The minimum absolute atomic E-state index is 0.130. The Hall–Kier alpha value is -0.580. The van der Waals surface area contributed by atoms with E-state index < -0.39 is 0 Å². The van der Waals surface area contributed by atoms with Gasteiger partial charge in [-0.05, 0) is 37.4 Å². The van der Waals surface area contributed by atoms with Gasteiger partial charge >= 0.3 is 0 Å². The molecule has 1 unspecified atom stereocenters. The predicted octanol–water partition coefficient (Wildman–Crippen LogP) is 2.62. The van der Waals surface area contributed by atoms with Crippen molar-refractivity contribution in [2.24, 2.45) is 5.92 Å². The molecule has 0 bridgehead atoms. The molecule has 1 aromatic carbocycles. The van der Waals surface area contributed by atoms with Crippen LogP contribution in [-0.4, -0.2) is 42.0 Å². The van der Waals surface area contributed by atoms with Crippen molar-refractivity contribution >= 4 is 11.8 Å². The number of rotatable bonds is 5. The molecule has 0 amide bonds. The summed E-state index contributed by atoms with van der Waals surface area (Å²) in [5.74, 6) is 1.20. The van der Waals surface area contributed by atoms with E-state index in [4.69, 9.17) is 5.11 Å². The van der Waals surface area contributed by atoms with E-state index in [0.717, 1.165) is 43.1 Å². The molecule has 0 aliphatic carbocycles. The minimum atomic E-state index is -0.130. The number of likely N-dealkylation sites (tertiary alicyclic amines) is 1. The molecule has 2 nitrogen and oxygen atoms in total. The Labute approximate surface area is 112 Å². The number of halogens is 1. The molecule has 18 heavy (non-hydrogen) atoms. The van der Waals surface area contributed by atoms with E-state index in [-0.39, 0.29) is 12.4 Å². The Kier molecular flexibility index (Phi) is 5.47. The van der Waals surface area contributed by atoms with E-state index in [0.29, 0.717) is 5.92 Å². The van der Waals surface area contributed by atoms with Crippen LogP contribution >= 0.6 is 11.8 Å². The summed E-state index contributed by atoms with van der Waals surface area (Å²) in [6, 6.07) is 6.92. The fourth-order valence-corrected chi connectivity index (χ4v) is 3.30. The third-order valence-corrected chi connectivity index (χ3v) is 4.39. The molecule has 4 heteroatoms. The molecular weight excluding hydrogens is 249 g/mol. The van der Waals surface area contributed by atoms with Crippen molar-refractivity contribution in [1.82, 2.24) is 4.90 Å². The Bertz CT molecular complexity index is 375. The van der Waals surface area contributed by atoms with Crippen LogP contribution in [0.1, 0.15) is 12.8 Å². The second-order valence-corrected chi connectivity index (χ2v) is 5.91. The first-order valence-corrected chi connectivity index (χ1v) is 7.48. The molecule has 0 saturated carbocycles. The number of hydrogen-bond donors (Lipinski definition) is 1. The van der Waals surface area contributed by atoms with E-state index in [1.807, 2.05) is 12.1 Å². The van der Waals surface area contributed by atoms with Crippen LogP contribution in [0.4, 0.5) is 4.39 Å². The highest BCUT2D eigenvalue weighted by Gasteiger charge is 2.18. The van der Waals surface area contributed by atoms with Crippen LogP contribution in [0.5, 0.6) is 0 Å². The average Bonchev–Trinajstić information content (AvgIpc) is 2.41. The van der Waals surface area contributed by atoms with Crippen LogP contribution in [0, 0.1) is 11.7 Å². The van der Waals surface area contributed by atoms with Crippen molar-refractivity contribution in [1.29, 1.82) is 0 Å². The number of aliphatic hydroxyl groups is 1. The quantitative estimate of drug-likeness (QED) is 0.831. The zero-order chi connectivity index (χ0) is 12.8. The van der Waals surface area contributed by atoms with Crippen molar-refractivity contribution < 1.29 is 9.50 Å². The van der Waals surface area contributed by atoms with E-state index >= 15 is 0 Å². The zero-order valence-corrected chi connectivity index (χ0v) is 11.3. The summed E-state index contributed by atoms with van der Waals surface area (Å²) in [6.45, 7) is 3.34. The van der Waals surface area contributed by atoms with Gasteiger partial charge in [0.05, 0.1) is 0 Å². The van der Waals surface area contributed by atoms with Crippen LogP contribution in [0.15, 0.2) is 29.2 Å². The topological polar surface area (TPSA) is 23.5 Å². The highest BCUT2D eigenvalue weighted by atomic mass is 32.2. The third kappa shape index (κ3) is 3.97. The lowest BCUT2D eigenvalue weighted by molar-refractivity contribution is 0.125. The zero-order valence-electron chi connectivity index (χ0n) is 10.5. The molecule has 1 fully saturated rings. The number of piperidine rings is 1. The maximum Gasteiger partial charge on any atom is 0.136 e. The summed E-state index contributed by atoms with van der Waals surface area (Å²) in [4.78, 5) is 3.10. The molecule has 1 saturated heterocycles. The Morgan fingerprint density at radius 1 is 1.39 bits per heavy atom. The lowest BCUT2D eigenvalue weighted by Gasteiger charge is -2.31. The van der Waals surface area contributed by atoms with Crippen LogP contribution in [0.3, 0.4) is 0 Å². The highest BCUT2D eigenvalue weighted by Crippen LogP contribution is 2.22. The Morgan fingerprint density at radius 3 is 3.00 bits per heavy atom. The van der Waals surface area contributed by atoms with Crippen molar-refractivity contribution in [3.63, 3.8) is 0 Å². The molecule has 1 N–H and O–H groups in total. The number of hydrogen-bond acceptors (Lipinski definition) is 3. The number of aliphatic hydroxyl groups excluding tert-OH is 1. The van der Waals surface area contributed by atoms with E-state index in [9.17, 15) is 4.39 Å². The summed E-state index contributed by atoms with van der Waals surface area (Å²) < 4.78 is 13.4. The molecule has 2 rings (SSSR count). The number of thioether (sulfide) groups is 1. The van der Waals surface area contributed by atoms with Gasteiger partial charge in [0.2, 0.25) is 0 Å². The Balaban J connectivity index is 1.73. The first-order valence-electron chi connectivity index (χ1n) is 6.50. The lowest BCUT2D eigenvalue weighted by atomic mass is 9.99. The van der Waals surface area contributed by atoms with Gasteiger partial charge in [-0.3, -0.25) is 0 Å². The predicted molar refractivity (Wildman–Crippen MR) is 73.4 cm³/mol. The summed E-state index contributed by atoms with van der Waals surface area (Å²) >= 11 is 1.57. The van der Waals surface area contributed by atoms with Gasteiger partial charge in [0.1, 0.15) is 5.82 Å². The second kappa shape index (κ2) is 7.12. The highest BCUT2D eigenvalue weighted by molar-refractivity contribution is 7.99. The fourth-order valence-electron chi connectivity index (χ4n) is 2.35. The minimum Gasteiger partial charge on any atom is -0.396 e. The van der Waals surface area contributed by atoms with Gasteiger partial charge in [-0.25, -0.2) is 4.39 Å².